The number of aliphatic hydroxyl groups excluding tert-OH is 1. The Morgan fingerprint density at radius 3 is 2.88 bits per heavy atom. The second-order valence-corrected chi connectivity index (χ2v) is 5.13. The van der Waals surface area contributed by atoms with Crippen molar-refractivity contribution in [2.75, 3.05) is 13.2 Å². The van der Waals surface area contributed by atoms with Crippen LogP contribution in [0.25, 0.3) is 0 Å². The van der Waals surface area contributed by atoms with Gasteiger partial charge in [0.25, 0.3) is 0 Å². The van der Waals surface area contributed by atoms with E-state index in [1.165, 1.54) is 24.8 Å². The molecule has 1 aromatic carbocycles. The molecule has 1 heterocycles. The van der Waals surface area contributed by atoms with E-state index in [0.29, 0.717) is 6.04 Å². The summed E-state index contributed by atoms with van der Waals surface area (Å²) >= 11 is 6.19. The number of rotatable bonds is 4. The molecule has 94 valence electrons. The smallest absolute Gasteiger partial charge is 0.0451 e. The molecule has 1 unspecified atom stereocenters. The van der Waals surface area contributed by atoms with Crippen LogP contribution in [0.4, 0.5) is 0 Å². The van der Waals surface area contributed by atoms with E-state index in [9.17, 15) is 0 Å². The van der Waals surface area contributed by atoms with E-state index in [1.54, 1.807) is 0 Å². The molecule has 1 fully saturated rings. The molecule has 1 aliphatic rings. The topological polar surface area (TPSA) is 23.5 Å². The SMILES string of the molecule is OCCC1CCCCN1Cc1ccccc1Cl. The van der Waals surface area contributed by atoms with E-state index in [-0.39, 0.29) is 6.61 Å². The molecule has 2 nitrogen and oxygen atoms in total. The van der Waals surface area contributed by atoms with Crippen LogP contribution in [0, 0.1) is 0 Å². The maximum absolute atomic E-state index is 9.10. The Labute approximate surface area is 108 Å². The van der Waals surface area contributed by atoms with Crippen LogP contribution in [0.15, 0.2) is 24.3 Å². The van der Waals surface area contributed by atoms with Gasteiger partial charge in [-0.25, -0.2) is 0 Å². The predicted molar refractivity (Wildman–Crippen MR) is 71.2 cm³/mol. The number of piperidine rings is 1. The summed E-state index contributed by atoms with van der Waals surface area (Å²) in [6.07, 6.45) is 4.62. The summed E-state index contributed by atoms with van der Waals surface area (Å²) in [6.45, 7) is 2.31. The fourth-order valence-electron chi connectivity index (χ4n) is 2.59. The van der Waals surface area contributed by atoms with Crippen molar-refractivity contribution in [3.63, 3.8) is 0 Å². The van der Waals surface area contributed by atoms with Crippen LogP contribution in [-0.2, 0) is 6.54 Å². The van der Waals surface area contributed by atoms with Crippen molar-refractivity contribution in [3.05, 3.63) is 34.9 Å². The number of hydrogen-bond acceptors (Lipinski definition) is 2. The van der Waals surface area contributed by atoms with E-state index < -0.39 is 0 Å². The van der Waals surface area contributed by atoms with E-state index in [1.807, 2.05) is 18.2 Å². The quantitative estimate of drug-likeness (QED) is 0.892. The Morgan fingerprint density at radius 1 is 1.29 bits per heavy atom. The zero-order chi connectivity index (χ0) is 12.1. The van der Waals surface area contributed by atoms with Crippen LogP contribution < -0.4 is 0 Å². The monoisotopic (exact) mass is 253 g/mol. The molecule has 3 heteroatoms. The van der Waals surface area contributed by atoms with Crippen molar-refractivity contribution < 1.29 is 5.11 Å². The highest BCUT2D eigenvalue weighted by atomic mass is 35.5. The van der Waals surface area contributed by atoms with Crippen molar-refractivity contribution in [3.8, 4) is 0 Å². The zero-order valence-corrected chi connectivity index (χ0v) is 10.9. The van der Waals surface area contributed by atoms with Crippen molar-refractivity contribution >= 4 is 11.6 Å². The Hall–Kier alpha value is -0.570. The van der Waals surface area contributed by atoms with Crippen LogP contribution in [-0.4, -0.2) is 29.2 Å². The third kappa shape index (κ3) is 3.44. The van der Waals surface area contributed by atoms with E-state index in [2.05, 4.69) is 11.0 Å². The van der Waals surface area contributed by atoms with Gasteiger partial charge in [0.1, 0.15) is 0 Å². The van der Waals surface area contributed by atoms with Gasteiger partial charge in [0.2, 0.25) is 0 Å². The summed E-state index contributed by atoms with van der Waals surface area (Å²) in [5.41, 5.74) is 1.19. The first-order chi connectivity index (χ1) is 8.31. The summed E-state index contributed by atoms with van der Waals surface area (Å²) in [5, 5.41) is 9.95. The highest BCUT2D eigenvalue weighted by Crippen LogP contribution is 2.24. The minimum Gasteiger partial charge on any atom is -0.396 e. The first kappa shape index (κ1) is 12.9. The first-order valence-corrected chi connectivity index (χ1v) is 6.77. The lowest BCUT2D eigenvalue weighted by Gasteiger charge is -2.35. The summed E-state index contributed by atoms with van der Waals surface area (Å²) < 4.78 is 0. The van der Waals surface area contributed by atoms with Crippen LogP contribution in [0.1, 0.15) is 31.2 Å². The molecule has 1 aromatic rings. The van der Waals surface area contributed by atoms with E-state index >= 15 is 0 Å². The molecular formula is C14H20ClNO. The Morgan fingerprint density at radius 2 is 2.12 bits per heavy atom. The fraction of sp³-hybridized carbons (Fsp3) is 0.571. The molecule has 0 aliphatic carbocycles. The van der Waals surface area contributed by atoms with Crippen molar-refractivity contribution in [2.45, 2.75) is 38.3 Å². The van der Waals surface area contributed by atoms with Crippen molar-refractivity contribution in [1.29, 1.82) is 0 Å². The predicted octanol–water partition coefficient (Wildman–Crippen LogP) is 3.08. The minimum atomic E-state index is 0.281. The number of nitrogens with zero attached hydrogens (tertiary/aromatic N) is 1. The highest BCUT2D eigenvalue weighted by molar-refractivity contribution is 6.31. The molecule has 0 bridgehead atoms. The molecule has 0 saturated carbocycles. The van der Waals surface area contributed by atoms with E-state index in [4.69, 9.17) is 16.7 Å². The van der Waals surface area contributed by atoms with Crippen LogP contribution in [0.2, 0.25) is 5.02 Å². The molecule has 1 N–H and O–H groups in total. The van der Waals surface area contributed by atoms with Crippen molar-refractivity contribution in [2.24, 2.45) is 0 Å². The Bertz CT molecular complexity index is 354. The molecule has 0 aromatic heterocycles. The molecule has 0 spiro atoms. The molecular weight excluding hydrogens is 234 g/mol. The van der Waals surface area contributed by atoms with Gasteiger partial charge < -0.3 is 5.11 Å². The molecule has 0 amide bonds. The number of aliphatic hydroxyl groups is 1. The standard InChI is InChI=1S/C14H20ClNO/c15-14-7-2-1-5-12(14)11-16-9-4-3-6-13(16)8-10-17/h1-2,5,7,13,17H,3-4,6,8-11H2. The van der Waals surface area contributed by atoms with Crippen LogP contribution in [0.5, 0.6) is 0 Å². The Kier molecular flexibility index (Phi) is 4.84. The highest BCUT2D eigenvalue weighted by Gasteiger charge is 2.22. The Balaban J connectivity index is 2.03. The lowest BCUT2D eigenvalue weighted by Crippen LogP contribution is -2.39. The van der Waals surface area contributed by atoms with Gasteiger partial charge in [-0.3, -0.25) is 4.90 Å². The molecule has 2 rings (SSSR count). The summed E-state index contributed by atoms with van der Waals surface area (Å²) in [4.78, 5) is 2.46. The van der Waals surface area contributed by atoms with Gasteiger partial charge in [-0.15, -0.1) is 0 Å². The number of benzene rings is 1. The fourth-order valence-corrected chi connectivity index (χ4v) is 2.79. The van der Waals surface area contributed by atoms with Gasteiger partial charge in [0.05, 0.1) is 0 Å². The minimum absolute atomic E-state index is 0.281. The average molecular weight is 254 g/mol. The lowest BCUT2D eigenvalue weighted by molar-refractivity contribution is 0.112. The maximum Gasteiger partial charge on any atom is 0.0451 e. The third-order valence-corrected chi connectivity index (χ3v) is 3.91. The number of halogens is 1. The largest absolute Gasteiger partial charge is 0.396 e. The normalized spacial score (nSPS) is 21.6. The summed E-state index contributed by atoms with van der Waals surface area (Å²) in [5.74, 6) is 0. The molecule has 1 saturated heterocycles. The molecule has 0 radical (unpaired) electrons. The van der Waals surface area contributed by atoms with Gasteiger partial charge in [0, 0.05) is 24.2 Å². The van der Waals surface area contributed by atoms with Crippen LogP contribution in [0.3, 0.4) is 0 Å². The van der Waals surface area contributed by atoms with Gasteiger partial charge in [-0.2, -0.15) is 0 Å². The van der Waals surface area contributed by atoms with Gasteiger partial charge in [-0.1, -0.05) is 36.2 Å². The third-order valence-electron chi connectivity index (χ3n) is 3.54. The van der Waals surface area contributed by atoms with E-state index in [0.717, 1.165) is 24.5 Å². The lowest BCUT2D eigenvalue weighted by atomic mass is 9.99. The molecule has 17 heavy (non-hydrogen) atoms. The molecule has 1 aliphatic heterocycles. The second-order valence-electron chi connectivity index (χ2n) is 4.72. The van der Waals surface area contributed by atoms with Crippen molar-refractivity contribution in [1.82, 2.24) is 4.90 Å². The second kappa shape index (κ2) is 6.39. The first-order valence-electron chi connectivity index (χ1n) is 6.39. The van der Waals surface area contributed by atoms with Gasteiger partial charge in [0.15, 0.2) is 0 Å². The molecule has 1 atom stereocenters. The van der Waals surface area contributed by atoms with Gasteiger partial charge in [-0.05, 0) is 37.4 Å². The maximum atomic E-state index is 9.10. The summed E-state index contributed by atoms with van der Waals surface area (Å²) in [7, 11) is 0. The summed E-state index contributed by atoms with van der Waals surface area (Å²) in [6, 6.07) is 8.55. The zero-order valence-electron chi connectivity index (χ0n) is 10.1. The van der Waals surface area contributed by atoms with Gasteiger partial charge >= 0.3 is 0 Å². The average Bonchev–Trinajstić information content (AvgIpc) is 2.35. The number of likely N-dealkylation sites (tertiary alicyclic amines) is 1. The number of hydrogen-bond donors (Lipinski definition) is 1. The van der Waals surface area contributed by atoms with Crippen LogP contribution >= 0.6 is 11.6 Å².